The Morgan fingerprint density at radius 2 is 2.38 bits per heavy atom. The minimum absolute atomic E-state index is 0.339. The molecule has 1 rings (SSSR count). The van der Waals surface area contributed by atoms with Gasteiger partial charge in [-0.2, -0.15) is 0 Å². The first-order chi connectivity index (χ1) is 7.67. The van der Waals surface area contributed by atoms with Crippen LogP contribution in [0.4, 0.5) is 5.82 Å². The molecule has 16 heavy (non-hydrogen) atoms. The zero-order valence-corrected chi connectivity index (χ0v) is 9.30. The molecule has 0 aliphatic heterocycles. The van der Waals surface area contributed by atoms with E-state index in [1.165, 1.54) is 13.4 Å². The number of hydrogen-bond acceptors (Lipinski definition) is 5. The Hall–Kier alpha value is -1.85. The number of methoxy groups -OCH3 is 1. The Morgan fingerprint density at radius 1 is 1.62 bits per heavy atom. The largest absolute Gasteiger partial charge is 0.481 e. The van der Waals surface area contributed by atoms with Gasteiger partial charge < -0.3 is 15.2 Å². The quantitative estimate of drug-likeness (QED) is 0.751. The Labute approximate surface area is 93.7 Å². The van der Waals surface area contributed by atoms with E-state index in [1.54, 1.807) is 6.07 Å². The fraction of sp³-hybridized carbons (Fsp3) is 0.500. The number of hydrogen-bond donors (Lipinski definition) is 2. The summed E-state index contributed by atoms with van der Waals surface area (Å²) in [6.45, 7) is 2.17. The van der Waals surface area contributed by atoms with Crippen molar-refractivity contribution in [3.8, 4) is 5.88 Å². The van der Waals surface area contributed by atoms with Gasteiger partial charge in [0.15, 0.2) is 0 Å². The number of nitrogens with one attached hydrogen (secondary N) is 1. The van der Waals surface area contributed by atoms with Crippen LogP contribution in [0.15, 0.2) is 12.4 Å². The number of anilines is 1. The smallest absolute Gasteiger partial charge is 0.308 e. The summed E-state index contributed by atoms with van der Waals surface area (Å²) >= 11 is 0. The lowest BCUT2D eigenvalue weighted by Gasteiger charge is -2.11. The zero-order valence-electron chi connectivity index (χ0n) is 9.30. The standard InChI is InChI=1S/C10H15N3O3/c1-3-7(10(14)15)5-11-8-4-9(16-2)13-6-12-8/h4,6-7H,3,5H2,1-2H3,(H,14,15)(H,11,12,13). The van der Waals surface area contributed by atoms with Crippen molar-refractivity contribution in [1.82, 2.24) is 9.97 Å². The average molecular weight is 225 g/mol. The van der Waals surface area contributed by atoms with E-state index < -0.39 is 11.9 Å². The van der Waals surface area contributed by atoms with E-state index in [9.17, 15) is 4.79 Å². The molecule has 0 fully saturated rings. The van der Waals surface area contributed by atoms with Gasteiger partial charge in [-0.1, -0.05) is 6.92 Å². The summed E-state index contributed by atoms with van der Waals surface area (Å²) in [5.41, 5.74) is 0. The topological polar surface area (TPSA) is 84.3 Å². The van der Waals surface area contributed by atoms with Crippen LogP contribution in [0, 0.1) is 5.92 Å². The fourth-order valence-corrected chi connectivity index (χ4v) is 1.18. The molecule has 1 aromatic rings. The van der Waals surface area contributed by atoms with Crippen molar-refractivity contribution in [2.45, 2.75) is 13.3 Å². The van der Waals surface area contributed by atoms with Gasteiger partial charge in [0.25, 0.3) is 0 Å². The van der Waals surface area contributed by atoms with Crippen LogP contribution in [-0.2, 0) is 4.79 Å². The Kier molecular flexibility index (Phi) is 4.50. The molecule has 0 aliphatic rings. The maximum atomic E-state index is 10.8. The van der Waals surface area contributed by atoms with Crippen molar-refractivity contribution in [2.75, 3.05) is 19.0 Å². The third kappa shape index (κ3) is 3.38. The van der Waals surface area contributed by atoms with Crippen LogP contribution in [0.25, 0.3) is 0 Å². The zero-order chi connectivity index (χ0) is 12.0. The molecule has 1 aromatic heterocycles. The highest BCUT2D eigenvalue weighted by atomic mass is 16.5. The van der Waals surface area contributed by atoms with E-state index in [0.29, 0.717) is 24.7 Å². The fourth-order valence-electron chi connectivity index (χ4n) is 1.18. The van der Waals surface area contributed by atoms with E-state index in [0.717, 1.165) is 0 Å². The second kappa shape index (κ2) is 5.89. The van der Waals surface area contributed by atoms with Crippen molar-refractivity contribution in [2.24, 2.45) is 5.92 Å². The first-order valence-corrected chi connectivity index (χ1v) is 5.00. The van der Waals surface area contributed by atoms with Gasteiger partial charge in [0.05, 0.1) is 13.0 Å². The van der Waals surface area contributed by atoms with Crippen molar-refractivity contribution in [3.63, 3.8) is 0 Å². The summed E-state index contributed by atoms with van der Waals surface area (Å²) in [6, 6.07) is 1.62. The van der Waals surface area contributed by atoms with Crippen LogP contribution in [0.5, 0.6) is 5.88 Å². The number of aliphatic carboxylic acids is 1. The predicted octanol–water partition coefficient (Wildman–Crippen LogP) is 1.01. The highest BCUT2D eigenvalue weighted by molar-refractivity contribution is 5.70. The van der Waals surface area contributed by atoms with Crippen molar-refractivity contribution in [1.29, 1.82) is 0 Å². The second-order valence-corrected chi connectivity index (χ2v) is 3.27. The van der Waals surface area contributed by atoms with E-state index in [1.807, 2.05) is 6.92 Å². The molecule has 1 heterocycles. The summed E-state index contributed by atoms with van der Waals surface area (Å²) in [5, 5.41) is 11.8. The van der Waals surface area contributed by atoms with Gasteiger partial charge in [-0.25, -0.2) is 9.97 Å². The minimum atomic E-state index is -0.809. The van der Waals surface area contributed by atoms with Gasteiger partial charge in [0.2, 0.25) is 5.88 Å². The monoisotopic (exact) mass is 225 g/mol. The van der Waals surface area contributed by atoms with E-state index in [2.05, 4.69) is 15.3 Å². The van der Waals surface area contributed by atoms with Gasteiger partial charge in [0.1, 0.15) is 12.1 Å². The van der Waals surface area contributed by atoms with Gasteiger partial charge in [0, 0.05) is 12.6 Å². The molecule has 0 amide bonds. The molecular weight excluding hydrogens is 210 g/mol. The van der Waals surface area contributed by atoms with Crippen molar-refractivity contribution >= 4 is 11.8 Å². The summed E-state index contributed by atoms with van der Waals surface area (Å²) in [5.74, 6) is -0.218. The molecule has 1 unspecified atom stereocenters. The van der Waals surface area contributed by atoms with Gasteiger partial charge in [-0.05, 0) is 6.42 Å². The number of carbonyl (C=O) groups is 1. The molecule has 1 atom stereocenters. The Morgan fingerprint density at radius 3 is 2.94 bits per heavy atom. The summed E-state index contributed by atoms with van der Waals surface area (Å²) in [4.78, 5) is 18.6. The Bertz CT molecular complexity index is 357. The molecule has 0 spiro atoms. The predicted molar refractivity (Wildman–Crippen MR) is 58.5 cm³/mol. The molecule has 2 N–H and O–H groups in total. The normalized spacial score (nSPS) is 11.9. The lowest BCUT2D eigenvalue weighted by atomic mass is 10.1. The lowest BCUT2D eigenvalue weighted by molar-refractivity contribution is -0.141. The van der Waals surface area contributed by atoms with Gasteiger partial charge >= 0.3 is 5.97 Å². The molecule has 0 aliphatic carbocycles. The highest BCUT2D eigenvalue weighted by Crippen LogP contribution is 2.11. The highest BCUT2D eigenvalue weighted by Gasteiger charge is 2.14. The average Bonchev–Trinajstić information content (AvgIpc) is 2.29. The third-order valence-electron chi connectivity index (χ3n) is 2.22. The molecule has 0 bridgehead atoms. The molecular formula is C10H15N3O3. The van der Waals surface area contributed by atoms with Crippen molar-refractivity contribution in [3.05, 3.63) is 12.4 Å². The number of aromatic nitrogens is 2. The van der Waals surface area contributed by atoms with E-state index in [-0.39, 0.29) is 0 Å². The first-order valence-electron chi connectivity index (χ1n) is 5.00. The second-order valence-electron chi connectivity index (χ2n) is 3.27. The molecule has 6 nitrogen and oxygen atoms in total. The van der Waals surface area contributed by atoms with Crippen LogP contribution in [0.3, 0.4) is 0 Å². The molecule has 88 valence electrons. The molecule has 0 saturated carbocycles. The first kappa shape index (κ1) is 12.2. The molecule has 0 saturated heterocycles. The number of nitrogens with zero attached hydrogens (tertiary/aromatic N) is 2. The molecule has 6 heteroatoms. The van der Waals surface area contributed by atoms with Gasteiger partial charge in [-0.15, -0.1) is 0 Å². The molecule has 0 aromatic carbocycles. The van der Waals surface area contributed by atoms with Crippen LogP contribution in [0.1, 0.15) is 13.3 Å². The number of ether oxygens (including phenoxy) is 1. The third-order valence-corrected chi connectivity index (χ3v) is 2.22. The van der Waals surface area contributed by atoms with Crippen LogP contribution < -0.4 is 10.1 Å². The maximum Gasteiger partial charge on any atom is 0.308 e. The number of carboxylic acid groups (broad SMARTS) is 1. The molecule has 0 radical (unpaired) electrons. The summed E-state index contributed by atoms with van der Waals surface area (Å²) < 4.78 is 4.93. The maximum absolute atomic E-state index is 10.8. The van der Waals surface area contributed by atoms with Crippen LogP contribution in [0.2, 0.25) is 0 Å². The van der Waals surface area contributed by atoms with E-state index in [4.69, 9.17) is 9.84 Å². The SMILES string of the molecule is CCC(CNc1cc(OC)ncn1)C(=O)O. The summed E-state index contributed by atoms with van der Waals surface area (Å²) in [7, 11) is 1.51. The van der Waals surface area contributed by atoms with E-state index >= 15 is 0 Å². The van der Waals surface area contributed by atoms with Crippen LogP contribution >= 0.6 is 0 Å². The minimum Gasteiger partial charge on any atom is -0.481 e. The lowest BCUT2D eigenvalue weighted by Crippen LogP contribution is -2.22. The van der Waals surface area contributed by atoms with Gasteiger partial charge in [-0.3, -0.25) is 4.79 Å². The van der Waals surface area contributed by atoms with Crippen molar-refractivity contribution < 1.29 is 14.6 Å². The van der Waals surface area contributed by atoms with Crippen LogP contribution in [-0.4, -0.2) is 34.7 Å². The number of carboxylic acids is 1. The number of rotatable bonds is 6. The summed E-state index contributed by atoms with van der Waals surface area (Å²) in [6.07, 6.45) is 1.94. The Balaban J connectivity index is 2.56.